The Kier molecular flexibility index (Phi) is 6.25. The van der Waals surface area contributed by atoms with Crippen LogP contribution < -0.4 is 10.6 Å². The number of ether oxygens (including phenoxy) is 1. The molecule has 0 radical (unpaired) electrons. The molecular weight excluding hydrogens is 243 g/mol. The number of rotatable bonds is 7. The first-order valence-corrected chi connectivity index (χ1v) is 6.82. The van der Waals surface area contributed by atoms with Crippen LogP contribution in [-0.4, -0.2) is 26.3 Å². The Morgan fingerprint density at radius 3 is 2.58 bits per heavy atom. The number of methoxy groups -OCH3 is 1. The lowest BCUT2D eigenvalue weighted by Gasteiger charge is -2.33. The van der Waals surface area contributed by atoms with E-state index in [1.165, 1.54) is 6.07 Å². The summed E-state index contributed by atoms with van der Waals surface area (Å²) in [7, 11) is 1.67. The van der Waals surface area contributed by atoms with Gasteiger partial charge in [-0.05, 0) is 32.4 Å². The highest BCUT2D eigenvalue weighted by molar-refractivity contribution is 5.56. The van der Waals surface area contributed by atoms with E-state index >= 15 is 0 Å². The fourth-order valence-electron chi connectivity index (χ4n) is 2.22. The molecule has 3 nitrogen and oxygen atoms in total. The van der Waals surface area contributed by atoms with Crippen molar-refractivity contribution in [3.05, 3.63) is 29.6 Å². The van der Waals surface area contributed by atoms with Crippen molar-refractivity contribution in [3.8, 4) is 0 Å². The van der Waals surface area contributed by atoms with Gasteiger partial charge in [-0.2, -0.15) is 0 Å². The van der Waals surface area contributed by atoms with Crippen LogP contribution in [0.3, 0.4) is 0 Å². The number of hydrogen-bond donors (Lipinski definition) is 1. The highest BCUT2D eigenvalue weighted by Crippen LogP contribution is 2.29. The first-order valence-electron chi connectivity index (χ1n) is 6.82. The molecule has 2 atom stereocenters. The van der Waals surface area contributed by atoms with E-state index in [0.717, 1.165) is 18.7 Å². The summed E-state index contributed by atoms with van der Waals surface area (Å²) >= 11 is 0. The molecule has 0 fully saturated rings. The zero-order valence-electron chi connectivity index (χ0n) is 12.3. The number of halogens is 1. The Balaban J connectivity index is 3.17. The van der Waals surface area contributed by atoms with E-state index in [2.05, 4.69) is 18.7 Å². The third-order valence-corrected chi connectivity index (χ3v) is 3.45. The predicted molar refractivity (Wildman–Crippen MR) is 78.0 cm³/mol. The van der Waals surface area contributed by atoms with Crippen molar-refractivity contribution in [3.63, 3.8) is 0 Å². The minimum atomic E-state index is -0.328. The van der Waals surface area contributed by atoms with Crippen LogP contribution in [0.1, 0.15) is 38.8 Å². The molecule has 2 N–H and O–H groups in total. The van der Waals surface area contributed by atoms with Crippen molar-refractivity contribution in [2.24, 2.45) is 5.73 Å². The van der Waals surface area contributed by atoms with Crippen LogP contribution in [0.4, 0.5) is 10.1 Å². The smallest absolute Gasteiger partial charge is 0.130 e. The Hall–Kier alpha value is -1.13. The molecule has 0 saturated heterocycles. The Labute approximate surface area is 115 Å². The van der Waals surface area contributed by atoms with Crippen molar-refractivity contribution in [1.82, 2.24) is 0 Å². The van der Waals surface area contributed by atoms with Gasteiger partial charge in [0, 0.05) is 37.0 Å². The van der Waals surface area contributed by atoms with E-state index in [0.29, 0.717) is 18.2 Å². The Morgan fingerprint density at radius 1 is 1.37 bits per heavy atom. The average Bonchev–Trinajstić information content (AvgIpc) is 2.38. The van der Waals surface area contributed by atoms with Crippen molar-refractivity contribution in [2.75, 3.05) is 25.2 Å². The summed E-state index contributed by atoms with van der Waals surface area (Å²) in [5.41, 5.74) is 7.38. The van der Waals surface area contributed by atoms with Crippen LogP contribution >= 0.6 is 0 Å². The van der Waals surface area contributed by atoms with Crippen LogP contribution in [-0.2, 0) is 4.74 Å². The molecule has 1 aromatic carbocycles. The third kappa shape index (κ3) is 3.91. The molecule has 19 heavy (non-hydrogen) atoms. The van der Waals surface area contributed by atoms with Crippen LogP contribution in [0.15, 0.2) is 18.2 Å². The number of nitrogens with two attached hydrogens (primary N) is 1. The van der Waals surface area contributed by atoms with Gasteiger partial charge in [-0.15, -0.1) is 0 Å². The number of nitrogens with zero attached hydrogens (tertiary/aromatic N) is 1. The molecular formula is C15H25FN2O. The molecule has 1 rings (SSSR count). The van der Waals surface area contributed by atoms with Crippen molar-refractivity contribution < 1.29 is 9.13 Å². The van der Waals surface area contributed by atoms with Gasteiger partial charge in [0.15, 0.2) is 0 Å². The molecule has 0 heterocycles. The van der Waals surface area contributed by atoms with E-state index in [9.17, 15) is 4.39 Å². The maximum absolute atomic E-state index is 14.0. The van der Waals surface area contributed by atoms with Crippen LogP contribution in [0.25, 0.3) is 0 Å². The zero-order chi connectivity index (χ0) is 14.4. The zero-order valence-corrected chi connectivity index (χ0v) is 12.3. The minimum Gasteiger partial charge on any atom is -0.383 e. The summed E-state index contributed by atoms with van der Waals surface area (Å²) in [6.07, 6.45) is 0.985. The first kappa shape index (κ1) is 15.9. The van der Waals surface area contributed by atoms with Gasteiger partial charge in [0.1, 0.15) is 5.82 Å². The summed E-state index contributed by atoms with van der Waals surface area (Å²) in [4.78, 5) is 2.17. The van der Waals surface area contributed by atoms with Gasteiger partial charge >= 0.3 is 0 Å². The molecule has 4 heteroatoms. The van der Waals surface area contributed by atoms with E-state index in [4.69, 9.17) is 10.5 Å². The molecule has 0 aliphatic carbocycles. The van der Waals surface area contributed by atoms with Crippen molar-refractivity contribution in [2.45, 2.75) is 39.3 Å². The van der Waals surface area contributed by atoms with Crippen LogP contribution in [0.5, 0.6) is 0 Å². The molecule has 0 aliphatic rings. The van der Waals surface area contributed by atoms with Gasteiger partial charge in [-0.3, -0.25) is 0 Å². The lowest BCUT2D eigenvalue weighted by molar-refractivity contribution is 0.203. The summed E-state index contributed by atoms with van der Waals surface area (Å²) in [5.74, 6) is -0.238. The van der Waals surface area contributed by atoms with Crippen LogP contribution in [0.2, 0.25) is 0 Å². The van der Waals surface area contributed by atoms with Gasteiger partial charge in [0.25, 0.3) is 0 Å². The molecule has 0 aliphatic heterocycles. The van der Waals surface area contributed by atoms with Crippen molar-refractivity contribution >= 4 is 5.69 Å². The molecule has 1 aromatic rings. The SMILES string of the molecule is CCC(C)N(CCOC)c1cccc(F)c1[C@@H](C)N. The Bertz CT molecular complexity index is 396. The second-order valence-corrected chi connectivity index (χ2v) is 4.90. The maximum Gasteiger partial charge on any atom is 0.130 e. The number of hydrogen-bond acceptors (Lipinski definition) is 3. The largest absolute Gasteiger partial charge is 0.383 e. The minimum absolute atomic E-state index is 0.238. The topological polar surface area (TPSA) is 38.5 Å². The molecule has 0 amide bonds. The van der Waals surface area contributed by atoms with Gasteiger partial charge in [0.05, 0.1) is 6.61 Å². The fourth-order valence-corrected chi connectivity index (χ4v) is 2.22. The third-order valence-electron chi connectivity index (χ3n) is 3.45. The number of benzene rings is 1. The number of anilines is 1. The molecule has 0 aromatic heterocycles. The molecule has 0 spiro atoms. The van der Waals surface area contributed by atoms with E-state index in [1.807, 2.05) is 13.0 Å². The first-order chi connectivity index (χ1) is 9.02. The summed E-state index contributed by atoms with van der Waals surface area (Å²) in [5, 5.41) is 0. The average molecular weight is 268 g/mol. The lowest BCUT2D eigenvalue weighted by Crippen LogP contribution is -2.36. The van der Waals surface area contributed by atoms with Crippen LogP contribution in [0, 0.1) is 5.82 Å². The van der Waals surface area contributed by atoms with E-state index in [-0.39, 0.29) is 11.9 Å². The fraction of sp³-hybridized carbons (Fsp3) is 0.600. The van der Waals surface area contributed by atoms with Crippen molar-refractivity contribution in [1.29, 1.82) is 0 Å². The monoisotopic (exact) mass is 268 g/mol. The summed E-state index contributed by atoms with van der Waals surface area (Å²) in [6.45, 7) is 7.40. The molecule has 0 bridgehead atoms. The summed E-state index contributed by atoms with van der Waals surface area (Å²) < 4.78 is 19.2. The molecule has 108 valence electrons. The standard InChI is InChI=1S/C15H25FN2O/c1-5-11(2)18(9-10-19-4)14-8-6-7-13(16)15(14)12(3)17/h6-8,11-12H,5,9-10,17H2,1-4H3/t11?,12-/m1/s1. The van der Waals surface area contributed by atoms with E-state index in [1.54, 1.807) is 13.2 Å². The van der Waals surface area contributed by atoms with Gasteiger partial charge in [-0.25, -0.2) is 4.39 Å². The normalized spacial score (nSPS) is 14.2. The van der Waals surface area contributed by atoms with Gasteiger partial charge in [-0.1, -0.05) is 13.0 Å². The molecule has 1 unspecified atom stereocenters. The maximum atomic E-state index is 14.0. The highest BCUT2D eigenvalue weighted by atomic mass is 19.1. The lowest BCUT2D eigenvalue weighted by atomic mass is 10.0. The predicted octanol–water partition coefficient (Wildman–Crippen LogP) is 3.10. The summed E-state index contributed by atoms with van der Waals surface area (Å²) in [6, 6.07) is 5.12. The second kappa shape index (κ2) is 7.46. The quantitative estimate of drug-likeness (QED) is 0.826. The molecule has 0 saturated carbocycles. The second-order valence-electron chi connectivity index (χ2n) is 4.90. The van der Waals surface area contributed by atoms with E-state index < -0.39 is 0 Å². The highest BCUT2D eigenvalue weighted by Gasteiger charge is 2.20. The van der Waals surface area contributed by atoms with Gasteiger partial charge in [0.2, 0.25) is 0 Å². The Morgan fingerprint density at radius 2 is 2.05 bits per heavy atom. The van der Waals surface area contributed by atoms with Gasteiger partial charge < -0.3 is 15.4 Å².